The van der Waals surface area contributed by atoms with Crippen LogP contribution in [0.4, 0.5) is 4.39 Å². The summed E-state index contributed by atoms with van der Waals surface area (Å²) in [6.07, 6.45) is 0.0132. The quantitative estimate of drug-likeness (QED) is 0.845. The summed E-state index contributed by atoms with van der Waals surface area (Å²) in [5, 5.41) is 0. The van der Waals surface area contributed by atoms with Gasteiger partial charge in [-0.25, -0.2) is 4.39 Å². The monoisotopic (exact) mass is 345 g/mol. The minimum atomic E-state index is -0.490. The van der Waals surface area contributed by atoms with Gasteiger partial charge in [0.1, 0.15) is 0 Å². The van der Waals surface area contributed by atoms with Crippen LogP contribution in [0.5, 0.6) is 5.75 Å². The van der Waals surface area contributed by atoms with E-state index >= 15 is 0 Å². The van der Waals surface area contributed by atoms with Gasteiger partial charge in [-0.05, 0) is 32.0 Å². The predicted molar refractivity (Wildman–Crippen MR) is 76.2 cm³/mol. The molecule has 4 nitrogen and oxygen atoms in total. The third-order valence-electron chi connectivity index (χ3n) is 3.02. The Balaban J connectivity index is 1.91. The lowest BCUT2D eigenvalue weighted by atomic mass is 10.2. The number of carbonyl (C=O) groups excluding carboxylic acids is 1. The average molecular weight is 346 g/mol. The van der Waals surface area contributed by atoms with Gasteiger partial charge in [-0.1, -0.05) is 15.9 Å². The molecular weight excluding hydrogens is 329 g/mol. The molecule has 0 aliphatic carbocycles. The maximum atomic E-state index is 13.6. The van der Waals surface area contributed by atoms with Gasteiger partial charge < -0.3 is 14.4 Å². The molecule has 1 fully saturated rings. The lowest BCUT2D eigenvalue weighted by Gasteiger charge is -2.35. The van der Waals surface area contributed by atoms with Gasteiger partial charge in [-0.15, -0.1) is 0 Å². The van der Waals surface area contributed by atoms with Crippen molar-refractivity contribution in [3.05, 3.63) is 28.5 Å². The Kier molecular flexibility index (Phi) is 4.99. The van der Waals surface area contributed by atoms with Crippen molar-refractivity contribution in [2.24, 2.45) is 0 Å². The van der Waals surface area contributed by atoms with Crippen LogP contribution in [-0.2, 0) is 9.53 Å². The molecule has 2 rings (SSSR count). The van der Waals surface area contributed by atoms with Crippen molar-refractivity contribution in [3.63, 3.8) is 0 Å². The number of hydrogen-bond acceptors (Lipinski definition) is 3. The molecule has 0 spiro atoms. The number of amides is 1. The van der Waals surface area contributed by atoms with E-state index in [2.05, 4.69) is 15.9 Å². The van der Waals surface area contributed by atoms with E-state index in [4.69, 9.17) is 9.47 Å². The van der Waals surface area contributed by atoms with Gasteiger partial charge in [-0.3, -0.25) is 4.79 Å². The van der Waals surface area contributed by atoms with Crippen molar-refractivity contribution in [2.45, 2.75) is 26.1 Å². The van der Waals surface area contributed by atoms with Gasteiger partial charge in [0.25, 0.3) is 5.91 Å². The van der Waals surface area contributed by atoms with E-state index < -0.39 is 5.82 Å². The summed E-state index contributed by atoms with van der Waals surface area (Å²) in [5.74, 6) is -0.568. The molecule has 6 heteroatoms. The molecular formula is C14H17BrFNO3. The van der Waals surface area contributed by atoms with Crippen molar-refractivity contribution in [3.8, 4) is 5.75 Å². The van der Waals surface area contributed by atoms with Crippen LogP contribution in [0, 0.1) is 5.82 Å². The average Bonchev–Trinajstić information content (AvgIpc) is 2.36. The number of ether oxygens (including phenoxy) is 2. The van der Waals surface area contributed by atoms with E-state index in [0.717, 1.165) is 0 Å². The molecule has 1 aliphatic rings. The fourth-order valence-electron chi connectivity index (χ4n) is 2.20. The third kappa shape index (κ3) is 3.93. The number of hydrogen-bond donors (Lipinski definition) is 0. The first-order chi connectivity index (χ1) is 9.45. The Morgan fingerprint density at radius 1 is 1.45 bits per heavy atom. The largest absolute Gasteiger partial charge is 0.481 e. The van der Waals surface area contributed by atoms with E-state index in [0.29, 0.717) is 17.6 Å². The molecule has 1 heterocycles. The van der Waals surface area contributed by atoms with E-state index in [1.165, 1.54) is 12.1 Å². The Morgan fingerprint density at radius 2 is 2.10 bits per heavy atom. The molecule has 0 N–H and O–H groups in total. The number of halogens is 2. The van der Waals surface area contributed by atoms with Crippen LogP contribution in [0.1, 0.15) is 13.8 Å². The molecule has 1 amide bonds. The van der Waals surface area contributed by atoms with Crippen LogP contribution in [0.3, 0.4) is 0 Å². The summed E-state index contributed by atoms with van der Waals surface area (Å²) in [6.45, 7) is 4.75. The van der Waals surface area contributed by atoms with Crippen molar-refractivity contribution in [1.82, 2.24) is 4.90 Å². The zero-order valence-corrected chi connectivity index (χ0v) is 13.0. The summed E-state index contributed by atoms with van der Waals surface area (Å²) in [4.78, 5) is 13.7. The molecule has 0 saturated carbocycles. The van der Waals surface area contributed by atoms with Gasteiger partial charge in [0, 0.05) is 17.6 Å². The van der Waals surface area contributed by atoms with Crippen molar-refractivity contribution in [2.75, 3.05) is 19.7 Å². The Morgan fingerprint density at radius 3 is 2.70 bits per heavy atom. The Labute approximate surface area is 126 Å². The van der Waals surface area contributed by atoms with E-state index in [1.807, 2.05) is 13.8 Å². The van der Waals surface area contributed by atoms with Crippen LogP contribution >= 0.6 is 15.9 Å². The SMILES string of the molecule is CC1CN(C(=O)COc2ccc(Br)cc2F)CC(C)O1. The first-order valence-corrected chi connectivity index (χ1v) is 7.26. The molecule has 0 bridgehead atoms. The van der Waals surface area contributed by atoms with Crippen molar-refractivity contribution in [1.29, 1.82) is 0 Å². The summed E-state index contributed by atoms with van der Waals surface area (Å²) in [7, 11) is 0. The molecule has 0 aromatic heterocycles. The summed E-state index contributed by atoms with van der Waals surface area (Å²) in [6, 6.07) is 4.47. The number of rotatable bonds is 3. The van der Waals surface area contributed by atoms with Gasteiger partial charge in [0.05, 0.1) is 12.2 Å². The highest BCUT2D eigenvalue weighted by Gasteiger charge is 2.26. The van der Waals surface area contributed by atoms with Crippen LogP contribution in [0.25, 0.3) is 0 Å². The first kappa shape index (κ1) is 15.3. The van der Waals surface area contributed by atoms with Crippen LogP contribution < -0.4 is 4.74 Å². The van der Waals surface area contributed by atoms with E-state index in [9.17, 15) is 9.18 Å². The second-order valence-electron chi connectivity index (χ2n) is 4.92. The van der Waals surface area contributed by atoms with Crippen molar-refractivity contribution < 1.29 is 18.7 Å². The maximum absolute atomic E-state index is 13.6. The van der Waals surface area contributed by atoms with E-state index in [-0.39, 0.29) is 30.5 Å². The predicted octanol–water partition coefficient (Wildman–Crippen LogP) is 2.60. The second kappa shape index (κ2) is 6.54. The first-order valence-electron chi connectivity index (χ1n) is 6.47. The molecule has 20 heavy (non-hydrogen) atoms. The molecule has 1 aliphatic heterocycles. The molecule has 0 radical (unpaired) electrons. The minimum Gasteiger partial charge on any atom is -0.481 e. The number of carbonyl (C=O) groups is 1. The lowest BCUT2D eigenvalue weighted by molar-refractivity contribution is -0.145. The normalized spacial score (nSPS) is 22.7. The highest BCUT2D eigenvalue weighted by Crippen LogP contribution is 2.21. The van der Waals surface area contributed by atoms with Gasteiger partial charge in [0.15, 0.2) is 18.2 Å². The molecule has 2 atom stereocenters. The highest BCUT2D eigenvalue weighted by atomic mass is 79.9. The van der Waals surface area contributed by atoms with Crippen LogP contribution in [0.15, 0.2) is 22.7 Å². The van der Waals surface area contributed by atoms with Gasteiger partial charge in [0.2, 0.25) is 0 Å². The van der Waals surface area contributed by atoms with E-state index in [1.54, 1.807) is 11.0 Å². The molecule has 2 unspecified atom stereocenters. The fraction of sp³-hybridized carbons (Fsp3) is 0.500. The highest BCUT2D eigenvalue weighted by molar-refractivity contribution is 9.10. The summed E-state index contributed by atoms with van der Waals surface area (Å²) < 4.78 is 25.0. The smallest absolute Gasteiger partial charge is 0.260 e. The number of nitrogens with zero attached hydrogens (tertiary/aromatic N) is 1. The zero-order valence-electron chi connectivity index (χ0n) is 11.4. The summed E-state index contributed by atoms with van der Waals surface area (Å²) >= 11 is 3.17. The molecule has 110 valence electrons. The number of morpholine rings is 1. The Bertz CT molecular complexity index is 487. The third-order valence-corrected chi connectivity index (χ3v) is 3.51. The zero-order chi connectivity index (χ0) is 14.7. The second-order valence-corrected chi connectivity index (χ2v) is 5.84. The molecule has 1 aromatic carbocycles. The molecule has 1 aromatic rings. The standard InChI is InChI=1S/C14H17BrFNO3/c1-9-6-17(7-10(2)20-9)14(18)8-19-13-4-3-11(15)5-12(13)16/h3-5,9-10H,6-8H2,1-2H3. The Hall–Kier alpha value is -1.14. The molecule has 1 saturated heterocycles. The fourth-order valence-corrected chi connectivity index (χ4v) is 2.54. The summed E-state index contributed by atoms with van der Waals surface area (Å²) in [5.41, 5.74) is 0. The van der Waals surface area contributed by atoms with Gasteiger partial charge >= 0.3 is 0 Å². The van der Waals surface area contributed by atoms with Crippen LogP contribution in [-0.4, -0.2) is 42.7 Å². The topological polar surface area (TPSA) is 38.8 Å². The lowest BCUT2D eigenvalue weighted by Crippen LogP contribution is -2.49. The van der Waals surface area contributed by atoms with Gasteiger partial charge in [-0.2, -0.15) is 0 Å². The van der Waals surface area contributed by atoms with Crippen molar-refractivity contribution >= 4 is 21.8 Å². The minimum absolute atomic E-state index is 0.00659. The van der Waals surface area contributed by atoms with Crippen LogP contribution in [0.2, 0.25) is 0 Å². The number of benzene rings is 1. The maximum Gasteiger partial charge on any atom is 0.260 e.